The maximum absolute atomic E-state index is 12.7. The number of hydrogen-bond acceptors (Lipinski definition) is 4. The lowest BCUT2D eigenvalue weighted by Gasteiger charge is -2.27. The van der Waals surface area contributed by atoms with Crippen molar-refractivity contribution < 1.29 is 13.2 Å². The van der Waals surface area contributed by atoms with Crippen LogP contribution < -0.4 is 0 Å². The average Bonchev–Trinajstić information content (AvgIpc) is 3.25. The van der Waals surface area contributed by atoms with Crippen molar-refractivity contribution in [1.29, 1.82) is 0 Å². The highest BCUT2D eigenvalue weighted by Crippen LogP contribution is 2.38. The number of carbonyl (C=O) groups excluding carboxylic acids is 1. The largest absolute Gasteiger partial charge is 0.334 e. The van der Waals surface area contributed by atoms with E-state index >= 15 is 0 Å². The topological polar surface area (TPSA) is 57.7 Å². The van der Waals surface area contributed by atoms with Crippen LogP contribution in [0.15, 0.2) is 29.2 Å². The third-order valence-corrected chi connectivity index (χ3v) is 8.52. The van der Waals surface area contributed by atoms with E-state index in [0.29, 0.717) is 34.8 Å². The lowest BCUT2D eigenvalue weighted by molar-refractivity contribution is 0.0747. The maximum atomic E-state index is 12.7. The van der Waals surface area contributed by atoms with Gasteiger partial charge in [-0.1, -0.05) is 6.42 Å². The van der Waals surface area contributed by atoms with Gasteiger partial charge in [0.1, 0.15) is 0 Å². The predicted octanol–water partition coefficient (Wildman–Crippen LogP) is 2.19. The standard InChI is InChI=1S/C17H22N2O3S2/c20-17(19-11-15-10-14(19)12-23-15)13-4-6-16(7-5-13)24(21,22)18-8-2-1-3-9-18/h4-7,14-15H,1-3,8-12H2. The third kappa shape index (κ3) is 2.86. The fraction of sp³-hybridized carbons (Fsp3) is 0.588. The van der Waals surface area contributed by atoms with Gasteiger partial charge in [0.2, 0.25) is 10.0 Å². The number of rotatable bonds is 3. The van der Waals surface area contributed by atoms with Crippen molar-refractivity contribution >= 4 is 27.7 Å². The van der Waals surface area contributed by atoms with E-state index in [1.807, 2.05) is 16.7 Å². The average molecular weight is 367 g/mol. The quantitative estimate of drug-likeness (QED) is 0.823. The lowest BCUT2D eigenvalue weighted by Crippen LogP contribution is -2.39. The maximum Gasteiger partial charge on any atom is 0.254 e. The zero-order valence-electron chi connectivity index (χ0n) is 13.6. The molecular formula is C17H22N2O3S2. The molecule has 3 saturated heterocycles. The second-order valence-corrected chi connectivity index (χ2v) is 10.1. The van der Waals surface area contributed by atoms with Gasteiger partial charge in [-0.3, -0.25) is 4.79 Å². The van der Waals surface area contributed by atoms with E-state index in [0.717, 1.165) is 38.0 Å². The van der Waals surface area contributed by atoms with Crippen molar-refractivity contribution in [3.63, 3.8) is 0 Å². The minimum Gasteiger partial charge on any atom is -0.334 e. The summed E-state index contributed by atoms with van der Waals surface area (Å²) in [6.07, 6.45) is 4.03. The summed E-state index contributed by atoms with van der Waals surface area (Å²) in [6.45, 7) is 2.01. The van der Waals surface area contributed by atoms with Gasteiger partial charge in [-0.05, 0) is 43.5 Å². The molecule has 3 aliphatic heterocycles. The number of piperidine rings is 1. The third-order valence-electron chi connectivity index (χ3n) is 5.22. The number of fused-ring (bicyclic) bond motifs is 2. The Labute approximate surface area is 147 Å². The number of amides is 1. The molecule has 0 radical (unpaired) electrons. The molecule has 3 aliphatic rings. The Kier molecular flexibility index (Phi) is 4.34. The summed E-state index contributed by atoms with van der Waals surface area (Å²) in [5.74, 6) is 1.06. The number of hydrogen-bond donors (Lipinski definition) is 0. The first kappa shape index (κ1) is 16.4. The van der Waals surface area contributed by atoms with Gasteiger partial charge in [0.15, 0.2) is 0 Å². The molecule has 130 valence electrons. The minimum atomic E-state index is -3.43. The summed E-state index contributed by atoms with van der Waals surface area (Å²) in [5.41, 5.74) is 0.588. The van der Waals surface area contributed by atoms with E-state index in [-0.39, 0.29) is 5.91 Å². The Hall–Kier alpha value is -1.05. The van der Waals surface area contributed by atoms with Gasteiger partial charge >= 0.3 is 0 Å². The molecular weight excluding hydrogens is 344 g/mol. The van der Waals surface area contributed by atoms with E-state index in [1.54, 1.807) is 28.6 Å². The Morgan fingerprint density at radius 3 is 2.38 bits per heavy atom. The van der Waals surface area contributed by atoms with Crippen molar-refractivity contribution in [2.24, 2.45) is 0 Å². The van der Waals surface area contributed by atoms with Crippen LogP contribution in [0.4, 0.5) is 0 Å². The molecule has 0 aromatic heterocycles. The fourth-order valence-electron chi connectivity index (χ4n) is 3.84. The molecule has 2 bridgehead atoms. The Balaban J connectivity index is 1.51. The Morgan fingerprint density at radius 2 is 1.79 bits per heavy atom. The number of benzene rings is 1. The summed E-state index contributed by atoms with van der Waals surface area (Å²) in [4.78, 5) is 14.9. The molecule has 0 spiro atoms. The first-order valence-electron chi connectivity index (χ1n) is 8.58. The van der Waals surface area contributed by atoms with Crippen LogP contribution in [0.25, 0.3) is 0 Å². The molecule has 0 N–H and O–H groups in total. The number of likely N-dealkylation sites (tertiary alicyclic amines) is 1. The van der Waals surface area contributed by atoms with Gasteiger partial charge in [0.05, 0.1) is 4.90 Å². The molecule has 3 heterocycles. The van der Waals surface area contributed by atoms with Gasteiger partial charge in [0.25, 0.3) is 5.91 Å². The van der Waals surface area contributed by atoms with Crippen LogP contribution in [0.3, 0.4) is 0 Å². The predicted molar refractivity (Wildman–Crippen MR) is 94.7 cm³/mol. The van der Waals surface area contributed by atoms with Gasteiger partial charge < -0.3 is 4.90 Å². The zero-order valence-corrected chi connectivity index (χ0v) is 15.2. The SMILES string of the molecule is O=C(c1ccc(S(=O)(=O)N2CCCCC2)cc1)N1CC2CC1CS2. The molecule has 4 rings (SSSR count). The highest BCUT2D eigenvalue weighted by Gasteiger charge is 2.41. The van der Waals surface area contributed by atoms with Crippen molar-refractivity contribution in [1.82, 2.24) is 9.21 Å². The van der Waals surface area contributed by atoms with Crippen LogP contribution in [0, 0.1) is 0 Å². The summed E-state index contributed by atoms with van der Waals surface area (Å²) in [5, 5.41) is 0.581. The van der Waals surface area contributed by atoms with E-state index in [4.69, 9.17) is 0 Å². The number of sulfonamides is 1. The molecule has 3 fully saturated rings. The molecule has 7 heteroatoms. The summed E-state index contributed by atoms with van der Waals surface area (Å²) >= 11 is 1.95. The molecule has 1 amide bonds. The Morgan fingerprint density at radius 1 is 1.08 bits per heavy atom. The van der Waals surface area contributed by atoms with Crippen molar-refractivity contribution in [2.75, 3.05) is 25.4 Å². The molecule has 24 heavy (non-hydrogen) atoms. The van der Waals surface area contributed by atoms with Crippen molar-refractivity contribution in [3.8, 4) is 0 Å². The Bertz CT molecular complexity index is 727. The van der Waals surface area contributed by atoms with Gasteiger partial charge in [-0.15, -0.1) is 0 Å². The van der Waals surface area contributed by atoms with E-state index < -0.39 is 10.0 Å². The molecule has 2 atom stereocenters. The van der Waals surface area contributed by atoms with Gasteiger partial charge in [0, 0.05) is 42.2 Å². The highest BCUT2D eigenvalue weighted by atomic mass is 32.2. The molecule has 2 unspecified atom stereocenters. The smallest absolute Gasteiger partial charge is 0.254 e. The van der Waals surface area contributed by atoms with Crippen LogP contribution in [0.2, 0.25) is 0 Å². The van der Waals surface area contributed by atoms with Crippen LogP contribution in [0.1, 0.15) is 36.0 Å². The van der Waals surface area contributed by atoms with Crippen molar-refractivity contribution in [3.05, 3.63) is 29.8 Å². The van der Waals surface area contributed by atoms with E-state index in [2.05, 4.69) is 0 Å². The lowest BCUT2D eigenvalue weighted by atomic mass is 10.2. The number of nitrogens with zero attached hydrogens (tertiary/aromatic N) is 2. The number of thioether (sulfide) groups is 1. The van der Waals surface area contributed by atoms with Crippen LogP contribution in [0.5, 0.6) is 0 Å². The van der Waals surface area contributed by atoms with E-state index in [1.165, 1.54) is 0 Å². The van der Waals surface area contributed by atoms with Crippen molar-refractivity contribution in [2.45, 2.75) is 41.9 Å². The molecule has 1 aromatic rings. The summed E-state index contributed by atoms with van der Waals surface area (Å²) in [7, 11) is -3.43. The first-order valence-corrected chi connectivity index (χ1v) is 11.1. The molecule has 5 nitrogen and oxygen atoms in total. The summed E-state index contributed by atoms with van der Waals surface area (Å²) in [6, 6.07) is 6.85. The fourth-order valence-corrected chi connectivity index (χ4v) is 6.79. The van der Waals surface area contributed by atoms with Crippen LogP contribution in [-0.4, -0.2) is 60.2 Å². The van der Waals surface area contributed by atoms with E-state index in [9.17, 15) is 13.2 Å². The first-order chi connectivity index (χ1) is 11.6. The zero-order chi connectivity index (χ0) is 16.7. The molecule has 0 aliphatic carbocycles. The highest BCUT2D eigenvalue weighted by molar-refractivity contribution is 8.00. The van der Waals surface area contributed by atoms with Gasteiger partial charge in [-0.25, -0.2) is 8.42 Å². The minimum absolute atomic E-state index is 0.0321. The monoisotopic (exact) mass is 366 g/mol. The van der Waals surface area contributed by atoms with Crippen LogP contribution >= 0.6 is 11.8 Å². The number of carbonyl (C=O) groups is 1. The second-order valence-electron chi connectivity index (χ2n) is 6.79. The molecule has 0 saturated carbocycles. The normalized spacial score (nSPS) is 27.6. The summed E-state index contributed by atoms with van der Waals surface area (Å²) < 4.78 is 26.9. The van der Waals surface area contributed by atoms with Gasteiger partial charge in [-0.2, -0.15) is 16.1 Å². The molecule has 1 aromatic carbocycles. The van der Waals surface area contributed by atoms with Crippen LogP contribution in [-0.2, 0) is 10.0 Å². The second kappa shape index (κ2) is 6.35.